The second-order valence-corrected chi connectivity index (χ2v) is 5.55. The van der Waals surface area contributed by atoms with E-state index in [1.54, 1.807) is 0 Å². The molecule has 18 heavy (non-hydrogen) atoms. The van der Waals surface area contributed by atoms with Crippen molar-refractivity contribution in [3.63, 3.8) is 0 Å². The van der Waals surface area contributed by atoms with Crippen LogP contribution in [0.2, 0.25) is 0 Å². The third-order valence-electron chi connectivity index (χ3n) is 3.96. The minimum Gasteiger partial charge on any atom is -0.378 e. The maximum absolute atomic E-state index is 12.5. The van der Waals surface area contributed by atoms with Crippen molar-refractivity contribution >= 4 is 5.78 Å². The van der Waals surface area contributed by atoms with Crippen LogP contribution in [0.25, 0.3) is 0 Å². The van der Waals surface area contributed by atoms with Gasteiger partial charge in [-0.1, -0.05) is 17.7 Å². The third kappa shape index (κ3) is 1.98. The van der Waals surface area contributed by atoms with Crippen LogP contribution < -0.4 is 5.32 Å². The Morgan fingerprint density at radius 3 is 2.94 bits per heavy atom. The van der Waals surface area contributed by atoms with Gasteiger partial charge >= 0.3 is 0 Å². The minimum absolute atomic E-state index is 0.0459. The average Bonchev–Trinajstić information content (AvgIpc) is 2.67. The van der Waals surface area contributed by atoms with Gasteiger partial charge in [0.2, 0.25) is 0 Å². The van der Waals surface area contributed by atoms with E-state index in [0.29, 0.717) is 12.6 Å². The highest BCUT2D eigenvalue weighted by atomic mass is 16.5. The van der Waals surface area contributed by atoms with Gasteiger partial charge in [-0.3, -0.25) is 4.79 Å². The molecule has 1 aromatic carbocycles. The Morgan fingerprint density at radius 2 is 2.17 bits per heavy atom. The number of aryl methyl sites for hydroxylation is 1. The molecule has 1 saturated heterocycles. The zero-order chi connectivity index (χ0) is 12.7. The smallest absolute Gasteiger partial charge is 0.168 e. The highest BCUT2D eigenvalue weighted by molar-refractivity contribution is 6.02. The molecule has 0 amide bonds. The summed E-state index contributed by atoms with van der Waals surface area (Å²) in [6, 6.07) is 6.69. The number of hydrogen-bond donors (Lipinski definition) is 1. The SMILES string of the molecule is Cc1ccc2c(c1)C(=O)C(C1COCC(C)N1)C2. The first-order chi connectivity index (χ1) is 8.65. The summed E-state index contributed by atoms with van der Waals surface area (Å²) in [6.07, 6.45) is 0.849. The van der Waals surface area contributed by atoms with Crippen molar-refractivity contribution in [2.45, 2.75) is 32.4 Å². The van der Waals surface area contributed by atoms with Gasteiger partial charge in [-0.05, 0) is 31.9 Å². The quantitative estimate of drug-likeness (QED) is 0.819. The molecule has 3 unspecified atom stereocenters. The fourth-order valence-corrected chi connectivity index (χ4v) is 3.02. The molecular weight excluding hydrogens is 226 g/mol. The standard InChI is InChI=1S/C15H19NO2/c1-9-3-4-11-6-13(15(17)12(11)5-9)14-8-18-7-10(2)16-14/h3-5,10,13-14,16H,6-8H2,1-2H3. The molecule has 96 valence electrons. The highest BCUT2D eigenvalue weighted by Crippen LogP contribution is 2.30. The number of carbonyl (C=O) groups is 1. The van der Waals surface area contributed by atoms with Crippen LogP contribution in [0.3, 0.4) is 0 Å². The lowest BCUT2D eigenvalue weighted by Crippen LogP contribution is -2.52. The molecule has 1 fully saturated rings. The number of benzene rings is 1. The van der Waals surface area contributed by atoms with Crippen LogP contribution in [0, 0.1) is 12.8 Å². The molecule has 1 aliphatic carbocycles. The van der Waals surface area contributed by atoms with Crippen LogP contribution in [0.1, 0.15) is 28.4 Å². The summed E-state index contributed by atoms with van der Waals surface area (Å²) in [6.45, 7) is 5.52. The maximum atomic E-state index is 12.5. The molecule has 3 rings (SSSR count). The van der Waals surface area contributed by atoms with Gasteiger partial charge in [0.15, 0.2) is 5.78 Å². The second kappa shape index (κ2) is 4.48. The summed E-state index contributed by atoms with van der Waals surface area (Å²) in [4.78, 5) is 12.5. The van der Waals surface area contributed by atoms with Crippen molar-refractivity contribution in [3.05, 3.63) is 34.9 Å². The van der Waals surface area contributed by atoms with Crippen LogP contribution in [-0.4, -0.2) is 31.1 Å². The summed E-state index contributed by atoms with van der Waals surface area (Å²) < 4.78 is 5.56. The summed E-state index contributed by atoms with van der Waals surface area (Å²) in [5.41, 5.74) is 3.26. The number of fused-ring (bicyclic) bond motifs is 1. The average molecular weight is 245 g/mol. The number of morpholine rings is 1. The molecule has 0 spiro atoms. The van der Waals surface area contributed by atoms with E-state index in [1.807, 2.05) is 13.0 Å². The fraction of sp³-hybridized carbons (Fsp3) is 0.533. The Hall–Kier alpha value is -1.19. The van der Waals surface area contributed by atoms with Crippen molar-refractivity contribution in [2.75, 3.05) is 13.2 Å². The number of Topliss-reactive ketones (excluding diaryl/α,β-unsaturated/α-hetero) is 1. The lowest BCUT2D eigenvalue weighted by atomic mass is 9.94. The molecule has 0 bridgehead atoms. The number of nitrogens with one attached hydrogen (secondary N) is 1. The zero-order valence-electron chi connectivity index (χ0n) is 10.9. The van der Waals surface area contributed by atoms with E-state index in [2.05, 4.69) is 24.4 Å². The number of carbonyl (C=O) groups excluding carboxylic acids is 1. The molecule has 3 atom stereocenters. The van der Waals surface area contributed by atoms with Crippen molar-refractivity contribution in [2.24, 2.45) is 5.92 Å². The van der Waals surface area contributed by atoms with E-state index >= 15 is 0 Å². The minimum atomic E-state index is 0.0459. The van der Waals surface area contributed by atoms with Crippen molar-refractivity contribution < 1.29 is 9.53 Å². The fourth-order valence-electron chi connectivity index (χ4n) is 3.02. The molecule has 2 aliphatic rings. The molecule has 0 aromatic heterocycles. The van der Waals surface area contributed by atoms with Crippen LogP contribution in [0.15, 0.2) is 18.2 Å². The predicted molar refractivity (Wildman–Crippen MR) is 69.9 cm³/mol. The largest absolute Gasteiger partial charge is 0.378 e. The number of ketones is 1. The van der Waals surface area contributed by atoms with E-state index in [1.165, 1.54) is 5.56 Å². The topological polar surface area (TPSA) is 38.3 Å². The monoisotopic (exact) mass is 245 g/mol. The van der Waals surface area contributed by atoms with Crippen LogP contribution in [-0.2, 0) is 11.2 Å². The Morgan fingerprint density at radius 1 is 1.33 bits per heavy atom. The summed E-state index contributed by atoms with van der Waals surface area (Å²) in [7, 11) is 0. The third-order valence-corrected chi connectivity index (χ3v) is 3.96. The van der Waals surface area contributed by atoms with Gasteiger partial charge < -0.3 is 10.1 Å². The Labute approximate surface area is 108 Å². The number of rotatable bonds is 1. The normalized spacial score (nSPS) is 31.4. The Kier molecular flexibility index (Phi) is 2.96. The van der Waals surface area contributed by atoms with Crippen LogP contribution in [0.5, 0.6) is 0 Å². The highest BCUT2D eigenvalue weighted by Gasteiger charge is 2.37. The molecule has 0 radical (unpaired) electrons. The molecule has 1 heterocycles. The van der Waals surface area contributed by atoms with Gasteiger partial charge in [0, 0.05) is 23.6 Å². The Bertz CT molecular complexity index is 483. The van der Waals surface area contributed by atoms with E-state index in [-0.39, 0.29) is 17.7 Å². The first-order valence-electron chi connectivity index (χ1n) is 6.62. The molecule has 1 N–H and O–H groups in total. The summed E-state index contributed by atoms with van der Waals surface area (Å²) in [5, 5.41) is 3.49. The zero-order valence-corrected chi connectivity index (χ0v) is 10.9. The van der Waals surface area contributed by atoms with Gasteiger partial charge in [-0.2, -0.15) is 0 Å². The maximum Gasteiger partial charge on any atom is 0.168 e. The van der Waals surface area contributed by atoms with Gasteiger partial charge in [0.25, 0.3) is 0 Å². The van der Waals surface area contributed by atoms with Gasteiger partial charge in [0.1, 0.15) is 0 Å². The second-order valence-electron chi connectivity index (χ2n) is 5.55. The number of ether oxygens (including phenoxy) is 1. The van der Waals surface area contributed by atoms with Crippen molar-refractivity contribution in [1.29, 1.82) is 0 Å². The molecule has 1 aliphatic heterocycles. The first-order valence-corrected chi connectivity index (χ1v) is 6.62. The first kappa shape index (κ1) is 11.9. The molecular formula is C15H19NO2. The van der Waals surface area contributed by atoms with E-state index in [9.17, 15) is 4.79 Å². The van der Waals surface area contributed by atoms with Gasteiger partial charge in [-0.25, -0.2) is 0 Å². The van der Waals surface area contributed by atoms with Gasteiger partial charge in [-0.15, -0.1) is 0 Å². The van der Waals surface area contributed by atoms with E-state index in [4.69, 9.17) is 4.74 Å². The van der Waals surface area contributed by atoms with Crippen molar-refractivity contribution in [1.82, 2.24) is 5.32 Å². The lowest BCUT2D eigenvalue weighted by Gasteiger charge is -2.32. The Balaban J connectivity index is 1.83. The van der Waals surface area contributed by atoms with Crippen LogP contribution >= 0.6 is 0 Å². The summed E-state index contributed by atoms with van der Waals surface area (Å²) in [5.74, 6) is 0.327. The van der Waals surface area contributed by atoms with E-state index < -0.39 is 0 Å². The molecule has 3 nitrogen and oxygen atoms in total. The molecule has 3 heteroatoms. The molecule has 1 aromatic rings. The van der Waals surface area contributed by atoms with Gasteiger partial charge in [0.05, 0.1) is 13.2 Å². The van der Waals surface area contributed by atoms with E-state index in [0.717, 1.165) is 24.2 Å². The molecule has 0 saturated carbocycles. The van der Waals surface area contributed by atoms with Crippen LogP contribution in [0.4, 0.5) is 0 Å². The predicted octanol–water partition coefficient (Wildman–Crippen LogP) is 1.73. The number of hydrogen-bond acceptors (Lipinski definition) is 3. The lowest BCUT2D eigenvalue weighted by molar-refractivity contribution is 0.0321. The summed E-state index contributed by atoms with van der Waals surface area (Å²) >= 11 is 0. The van der Waals surface area contributed by atoms with Crippen molar-refractivity contribution in [3.8, 4) is 0 Å².